The molecule has 1 fully saturated rings. The molecule has 0 aliphatic heterocycles. The van der Waals surface area contributed by atoms with E-state index in [0.717, 1.165) is 18.8 Å². The average molecular weight is 199 g/mol. The van der Waals surface area contributed by atoms with Crippen LogP contribution in [0.4, 0.5) is 0 Å². The number of rotatable bonds is 7. The highest BCUT2D eigenvalue weighted by molar-refractivity contribution is 5.71. The third kappa shape index (κ3) is 5.22. The zero-order valence-electron chi connectivity index (χ0n) is 9.21. The zero-order valence-corrected chi connectivity index (χ0v) is 9.21. The van der Waals surface area contributed by atoms with Crippen LogP contribution in [0.1, 0.15) is 39.5 Å². The Bertz CT molecular complexity index is 178. The van der Waals surface area contributed by atoms with E-state index in [2.05, 4.69) is 19.2 Å². The van der Waals surface area contributed by atoms with Gasteiger partial charge in [-0.2, -0.15) is 0 Å². The van der Waals surface area contributed by atoms with E-state index in [0.29, 0.717) is 19.2 Å². The maximum Gasteiger partial charge on any atom is 0.319 e. The summed E-state index contributed by atoms with van der Waals surface area (Å²) >= 11 is 0. The van der Waals surface area contributed by atoms with Crippen molar-refractivity contribution < 1.29 is 9.53 Å². The Morgan fingerprint density at radius 2 is 2.29 bits per heavy atom. The average Bonchev–Trinajstić information content (AvgIpc) is 2.98. The molecule has 1 aliphatic carbocycles. The first-order valence-electron chi connectivity index (χ1n) is 5.61. The Labute approximate surface area is 86.2 Å². The molecular weight excluding hydrogens is 178 g/mol. The second-order valence-electron chi connectivity index (χ2n) is 4.14. The third-order valence-electron chi connectivity index (χ3n) is 2.69. The number of esters is 1. The summed E-state index contributed by atoms with van der Waals surface area (Å²) in [7, 11) is 0. The lowest BCUT2D eigenvalue weighted by Gasteiger charge is -2.10. The third-order valence-corrected chi connectivity index (χ3v) is 2.69. The van der Waals surface area contributed by atoms with Crippen LogP contribution >= 0.6 is 0 Å². The lowest BCUT2D eigenvalue weighted by atomic mass is 10.3. The highest BCUT2D eigenvalue weighted by atomic mass is 16.5. The van der Waals surface area contributed by atoms with Crippen molar-refractivity contribution in [2.45, 2.75) is 45.6 Å². The summed E-state index contributed by atoms with van der Waals surface area (Å²) in [6.07, 6.45) is 4.73. The molecule has 1 N–H and O–H groups in total. The monoisotopic (exact) mass is 199 g/mol. The lowest BCUT2D eigenvalue weighted by molar-refractivity contribution is -0.142. The van der Waals surface area contributed by atoms with Gasteiger partial charge < -0.3 is 10.1 Å². The molecule has 0 aromatic rings. The molecule has 1 saturated carbocycles. The van der Waals surface area contributed by atoms with Crippen LogP contribution in [0.5, 0.6) is 0 Å². The number of carbonyl (C=O) groups excluding carboxylic acids is 1. The maximum atomic E-state index is 11.2. The van der Waals surface area contributed by atoms with Gasteiger partial charge in [0.2, 0.25) is 0 Å². The molecule has 0 amide bonds. The SMILES string of the molecule is CCC(C)NCC(=O)OCCC1CC1. The second kappa shape index (κ2) is 6.02. The summed E-state index contributed by atoms with van der Waals surface area (Å²) in [4.78, 5) is 11.2. The molecule has 3 heteroatoms. The molecule has 14 heavy (non-hydrogen) atoms. The Balaban J connectivity index is 1.92. The van der Waals surface area contributed by atoms with Gasteiger partial charge in [-0.25, -0.2) is 0 Å². The molecule has 0 saturated heterocycles. The summed E-state index contributed by atoms with van der Waals surface area (Å²) in [6, 6.07) is 0.394. The van der Waals surface area contributed by atoms with Crippen LogP contribution in [0, 0.1) is 5.92 Å². The van der Waals surface area contributed by atoms with E-state index in [1.54, 1.807) is 0 Å². The first-order valence-corrected chi connectivity index (χ1v) is 5.61. The fourth-order valence-corrected chi connectivity index (χ4v) is 1.20. The number of carbonyl (C=O) groups is 1. The predicted molar refractivity (Wildman–Crippen MR) is 56.1 cm³/mol. The van der Waals surface area contributed by atoms with Crippen LogP contribution in [-0.2, 0) is 9.53 Å². The van der Waals surface area contributed by atoms with E-state index in [9.17, 15) is 4.79 Å². The van der Waals surface area contributed by atoms with Crippen molar-refractivity contribution in [3.63, 3.8) is 0 Å². The first kappa shape index (κ1) is 11.5. The van der Waals surface area contributed by atoms with Crippen LogP contribution in [-0.4, -0.2) is 25.2 Å². The second-order valence-corrected chi connectivity index (χ2v) is 4.14. The molecule has 0 radical (unpaired) electrons. The molecule has 0 spiro atoms. The molecule has 0 heterocycles. The molecule has 82 valence electrons. The van der Waals surface area contributed by atoms with Gasteiger partial charge in [-0.3, -0.25) is 4.79 Å². The normalized spacial score (nSPS) is 17.9. The Morgan fingerprint density at radius 1 is 1.57 bits per heavy atom. The van der Waals surface area contributed by atoms with Crippen molar-refractivity contribution >= 4 is 5.97 Å². The zero-order chi connectivity index (χ0) is 10.4. The minimum atomic E-state index is -0.119. The highest BCUT2D eigenvalue weighted by Crippen LogP contribution is 2.31. The number of hydrogen-bond acceptors (Lipinski definition) is 3. The number of ether oxygens (including phenoxy) is 1. The van der Waals surface area contributed by atoms with Gasteiger partial charge in [-0.15, -0.1) is 0 Å². The van der Waals surface area contributed by atoms with Crippen molar-refractivity contribution in [2.24, 2.45) is 5.92 Å². The van der Waals surface area contributed by atoms with Gasteiger partial charge in [0.05, 0.1) is 13.2 Å². The fourth-order valence-electron chi connectivity index (χ4n) is 1.20. The van der Waals surface area contributed by atoms with Crippen molar-refractivity contribution in [1.29, 1.82) is 0 Å². The van der Waals surface area contributed by atoms with E-state index in [-0.39, 0.29) is 5.97 Å². The van der Waals surface area contributed by atoms with E-state index in [1.165, 1.54) is 12.8 Å². The summed E-state index contributed by atoms with van der Waals surface area (Å²) < 4.78 is 5.09. The lowest BCUT2D eigenvalue weighted by Crippen LogP contribution is -2.32. The highest BCUT2D eigenvalue weighted by Gasteiger charge is 2.21. The molecular formula is C11H21NO2. The van der Waals surface area contributed by atoms with Gasteiger partial charge in [0.15, 0.2) is 0 Å². The number of nitrogens with one attached hydrogen (secondary N) is 1. The standard InChI is InChI=1S/C11H21NO2/c1-3-9(2)12-8-11(13)14-7-6-10-4-5-10/h9-10,12H,3-8H2,1-2H3. The Morgan fingerprint density at radius 3 is 2.86 bits per heavy atom. The van der Waals surface area contributed by atoms with Crippen molar-refractivity contribution in [3.8, 4) is 0 Å². The minimum absolute atomic E-state index is 0.119. The van der Waals surface area contributed by atoms with Crippen LogP contribution in [0.25, 0.3) is 0 Å². The van der Waals surface area contributed by atoms with Crippen molar-refractivity contribution in [2.75, 3.05) is 13.2 Å². The molecule has 1 rings (SSSR count). The summed E-state index contributed by atoms with van der Waals surface area (Å²) in [6.45, 7) is 5.11. The van der Waals surface area contributed by atoms with Gasteiger partial charge in [0.1, 0.15) is 0 Å². The molecule has 3 nitrogen and oxygen atoms in total. The smallest absolute Gasteiger partial charge is 0.319 e. The van der Waals surface area contributed by atoms with Crippen molar-refractivity contribution in [3.05, 3.63) is 0 Å². The van der Waals surface area contributed by atoms with Crippen LogP contribution in [0.3, 0.4) is 0 Å². The largest absolute Gasteiger partial charge is 0.465 e. The summed E-state index contributed by atoms with van der Waals surface area (Å²) in [5.41, 5.74) is 0. The van der Waals surface area contributed by atoms with Crippen LogP contribution in [0.15, 0.2) is 0 Å². The molecule has 1 atom stereocenters. The van der Waals surface area contributed by atoms with Gasteiger partial charge in [0, 0.05) is 6.04 Å². The predicted octanol–water partition coefficient (Wildman–Crippen LogP) is 1.72. The van der Waals surface area contributed by atoms with Gasteiger partial charge in [0.25, 0.3) is 0 Å². The maximum absolute atomic E-state index is 11.2. The van der Waals surface area contributed by atoms with Crippen LogP contribution in [0.2, 0.25) is 0 Å². The molecule has 0 bridgehead atoms. The fraction of sp³-hybridized carbons (Fsp3) is 0.909. The molecule has 0 aromatic carbocycles. The van der Waals surface area contributed by atoms with E-state index < -0.39 is 0 Å². The van der Waals surface area contributed by atoms with E-state index in [1.807, 2.05) is 0 Å². The Kier molecular flexibility index (Phi) is 4.94. The van der Waals surface area contributed by atoms with Gasteiger partial charge in [-0.1, -0.05) is 19.8 Å². The molecule has 1 unspecified atom stereocenters. The molecule has 0 aromatic heterocycles. The first-order chi connectivity index (χ1) is 6.72. The topological polar surface area (TPSA) is 38.3 Å². The summed E-state index contributed by atoms with van der Waals surface area (Å²) in [5.74, 6) is 0.719. The summed E-state index contributed by atoms with van der Waals surface area (Å²) in [5, 5.41) is 3.11. The molecule has 1 aliphatic rings. The van der Waals surface area contributed by atoms with Crippen LogP contribution < -0.4 is 5.32 Å². The van der Waals surface area contributed by atoms with Gasteiger partial charge in [-0.05, 0) is 25.7 Å². The van der Waals surface area contributed by atoms with E-state index in [4.69, 9.17) is 4.74 Å². The minimum Gasteiger partial charge on any atom is -0.465 e. The quantitative estimate of drug-likeness (QED) is 0.634. The Hall–Kier alpha value is -0.570. The van der Waals surface area contributed by atoms with Gasteiger partial charge >= 0.3 is 5.97 Å². The van der Waals surface area contributed by atoms with Crippen molar-refractivity contribution in [1.82, 2.24) is 5.32 Å². The van der Waals surface area contributed by atoms with E-state index >= 15 is 0 Å². The number of hydrogen-bond donors (Lipinski definition) is 1.